The van der Waals surface area contributed by atoms with Gasteiger partial charge in [-0.3, -0.25) is 0 Å². The molecule has 1 aliphatic rings. The molecular formula is C11H22O. The van der Waals surface area contributed by atoms with Crippen LogP contribution < -0.4 is 0 Å². The topological polar surface area (TPSA) is 20.2 Å². The number of hydrogen-bond acceptors (Lipinski definition) is 1. The third-order valence-corrected chi connectivity index (χ3v) is 3.37. The Hall–Kier alpha value is -0.0400. The molecule has 1 N–H and O–H groups in total. The van der Waals surface area contributed by atoms with Gasteiger partial charge >= 0.3 is 0 Å². The van der Waals surface area contributed by atoms with Gasteiger partial charge in [-0.25, -0.2) is 0 Å². The third kappa shape index (κ3) is 1.82. The quantitative estimate of drug-likeness (QED) is 0.592. The Kier molecular flexibility index (Phi) is 2.53. The van der Waals surface area contributed by atoms with E-state index >= 15 is 0 Å². The highest BCUT2D eigenvalue weighted by Gasteiger charge is 2.42. The van der Waals surface area contributed by atoms with Crippen LogP contribution in [0.15, 0.2) is 0 Å². The van der Waals surface area contributed by atoms with E-state index in [9.17, 15) is 5.11 Å². The molecule has 0 saturated heterocycles. The van der Waals surface area contributed by atoms with Crippen LogP contribution in [0.4, 0.5) is 0 Å². The molecular weight excluding hydrogens is 148 g/mol. The first-order valence-corrected chi connectivity index (χ1v) is 5.07. The van der Waals surface area contributed by atoms with Crippen molar-refractivity contribution in [1.29, 1.82) is 0 Å². The second-order valence-electron chi connectivity index (χ2n) is 5.48. The summed E-state index contributed by atoms with van der Waals surface area (Å²) in [5.41, 5.74) is -0.369. The van der Waals surface area contributed by atoms with E-state index in [4.69, 9.17) is 0 Å². The Morgan fingerprint density at radius 3 is 2.25 bits per heavy atom. The van der Waals surface area contributed by atoms with Crippen LogP contribution in [0.1, 0.15) is 53.4 Å². The minimum absolute atomic E-state index is 0.0433. The fourth-order valence-corrected chi connectivity index (χ4v) is 2.20. The third-order valence-electron chi connectivity index (χ3n) is 3.37. The van der Waals surface area contributed by atoms with Crippen molar-refractivity contribution in [2.75, 3.05) is 0 Å². The van der Waals surface area contributed by atoms with Gasteiger partial charge in [-0.05, 0) is 24.2 Å². The van der Waals surface area contributed by atoms with E-state index in [0.717, 1.165) is 12.8 Å². The Bertz CT molecular complexity index is 157. The molecule has 0 radical (unpaired) electrons. The molecule has 0 amide bonds. The molecule has 0 bridgehead atoms. The number of aliphatic hydroxyl groups is 1. The molecule has 0 aromatic carbocycles. The van der Waals surface area contributed by atoms with Crippen LogP contribution in [-0.4, -0.2) is 10.7 Å². The molecule has 1 aliphatic carbocycles. The molecule has 12 heavy (non-hydrogen) atoms. The van der Waals surface area contributed by atoms with Crippen LogP contribution in [0.3, 0.4) is 0 Å². The smallest absolute Gasteiger partial charge is 0.0698 e. The summed E-state index contributed by atoms with van der Waals surface area (Å²) < 4.78 is 0. The summed E-state index contributed by atoms with van der Waals surface area (Å²) in [6.07, 6.45) is 4.45. The Balaban J connectivity index is 2.70. The van der Waals surface area contributed by atoms with Gasteiger partial charge in [0.25, 0.3) is 0 Å². The van der Waals surface area contributed by atoms with Gasteiger partial charge in [0.1, 0.15) is 0 Å². The summed E-state index contributed by atoms with van der Waals surface area (Å²) in [5.74, 6) is 0.697. The summed E-state index contributed by atoms with van der Waals surface area (Å²) >= 11 is 0. The first-order valence-electron chi connectivity index (χ1n) is 5.07. The molecule has 1 saturated carbocycles. The van der Waals surface area contributed by atoms with Gasteiger partial charge in [-0.15, -0.1) is 0 Å². The van der Waals surface area contributed by atoms with Crippen molar-refractivity contribution in [2.24, 2.45) is 11.3 Å². The zero-order valence-electron chi connectivity index (χ0n) is 8.85. The van der Waals surface area contributed by atoms with Crippen LogP contribution >= 0.6 is 0 Å². The molecule has 0 spiro atoms. The maximum absolute atomic E-state index is 10.4. The minimum Gasteiger partial charge on any atom is -0.389 e. The summed E-state index contributed by atoms with van der Waals surface area (Å²) in [6.45, 7) is 8.68. The van der Waals surface area contributed by atoms with Crippen molar-refractivity contribution in [3.05, 3.63) is 0 Å². The SMILES string of the molecule is CC1CCCC(O)(C(C)(C)C)C1. The highest BCUT2D eigenvalue weighted by molar-refractivity contribution is 4.94. The van der Waals surface area contributed by atoms with Crippen LogP contribution in [0.5, 0.6) is 0 Å². The molecule has 1 nitrogen and oxygen atoms in total. The highest BCUT2D eigenvalue weighted by Crippen LogP contribution is 2.43. The van der Waals surface area contributed by atoms with E-state index in [-0.39, 0.29) is 5.41 Å². The lowest BCUT2D eigenvalue weighted by Gasteiger charge is -2.45. The van der Waals surface area contributed by atoms with Crippen LogP contribution in [0, 0.1) is 11.3 Å². The Morgan fingerprint density at radius 2 is 1.92 bits per heavy atom. The maximum atomic E-state index is 10.4. The predicted octanol–water partition coefficient (Wildman–Crippen LogP) is 2.97. The summed E-state index contributed by atoms with van der Waals surface area (Å²) in [7, 11) is 0. The molecule has 1 fully saturated rings. The predicted molar refractivity (Wildman–Crippen MR) is 52.0 cm³/mol. The molecule has 0 aromatic rings. The maximum Gasteiger partial charge on any atom is 0.0698 e. The van der Waals surface area contributed by atoms with Gasteiger partial charge in [0.15, 0.2) is 0 Å². The molecule has 72 valence electrons. The molecule has 1 rings (SSSR count). The molecule has 0 aliphatic heterocycles. The second-order valence-corrected chi connectivity index (χ2v) is 5.48. The average molecular weight is 170 g/mol. The Morgan fingerprint density at radius 1 is 1.33 bits per heavy atom. The fourth-order valence-electron chi connectivity index (χ4n) is 2.20. The molecule has 0 heterocycles. The molecule has 2 atom stereocenters. The van der Waals surface area contributed by atoms with Gasteiger partial charge < -0.3 is 5.11 Å². The lowest BCUT2D eigenvalue weighted by atomic mass is 9.66. The van der Waals surface area contributed by atoms with Crippen LogP contribution in [0.25, 0.3) is 0 Å². The van der Waals surface area contributed by atoms with Crippen molar-refractivity contribution in [2.45, 2.75) is 59.0 Å². The number of rotatable bonds is 0. The standard InChI is InChI=1S/C11H22O/c1-9-6-5-7-11(12,8-9)10(2,3)4/h9,12H,5-8H2,1-4H3. The van der Waals surface area contributed by atoms with Gasteiger partial charge in [0.2, 0.25) is 0 Å². The lowest BCUT2D eigenvalue weighted by molar-refractivity contribution is -0.0963. The largest absolute Gasteiger partial charge is 0.389 e. The van der Waals surface area contributed by atoms with Crippen LogP contribution in [0.2, 0.25) is 0 Å². The molecule has 2 unspecified atom stereocenters. The summed E-state index contributed by atoms with van der Waals surface area (Å²) in [4.78, 5) is 0. The van der Waals surface area contributed by atoms with E-state index in [1.54, 1.807) is 0 Å². The monoisotopic (exact) mass is 170 g/mol. The Labute approximate surface area is 76.2 Å². The van der Waals surface area contributed by atoms with Gasteiger partial charge in [0.05, 0.1) is 5.60 Å². The van der Waals surface area contributed by atoms with E-state index < -0.39 is 5.60 Å². The first kappa shape index (κ1) is 10.0. The van der Waals surface area contributed by atoms with E-state index in [2.05, 4.69) is 27.7 Å². The summed E-state index contributed by atoms with van der Waals surface area (Å²) in [5, 5.41) is 10.4. The lowest BCUT2D eigenvalue weighted by Crippen LogP contribution is -2.46. The molecule has 0 aromatic heterocycles. The van der Waals surface area contributed by atoms with Crippen molar-refractivity contribution in [1.82, 2.24) is 0 Å². The highest BCUT2D eigenvalue weighted by atomic mass is 16.3. The zero-order chi connectivity index (χ0) is 9.41. The van der Waals surface area contributed by atoms with Crippen molar-refractivity contribution < 1.29 is 5.11 Å². The van der Waals surface area contributed by atoms with E-state index in [0.29, 0.717) is 5.92 Å². The van der Waals surface area contributed by atoms with Crippen LogP contribution in [-0.2, 0) is 0 Å². The van der Waals surface area contributed by atoms with Crippen molar-refractivity contribution in [3.63, 3.8) is 0 Å². The van der Waals surface area contributed by atoms with Crippen molar-refractivity contribution in [3.8, 4) is 0 Å². The minimum atomic E-state index is -0.412. The van der Waals surface area contributed by atoms with Gasteiger partial charge in [0, 0.05) is 0 Å². The molecule has 1 heteroatoms. The van der Waals surface area contributed by atoms with Gasteiger partial charge in [-0.2, -0.15) is 0 Å². The van der Waals surface area contributed by atoms with E-state index in [1.165, 1.54) is 12.8 Å². The zero-order valence-corrected chi connectivity index (χ0v) is 8.85. The average Bonchev–Trinajstić information content (AvgIpc) is 1.83. The number of hydrogen-bond donors (Lipinski definition) is 1. The summed E-state index contributed by atoms with van der Waals surface area (Å²) in [6, 6.07) is 0. The first-order chi connectivity index (χ1) is 5.35. The van der Waals surface area contributed by atoms with E-state index in [1.807, 2.05) is 0 Å². The van der Waals surface area contributed by atoms with Gasteiger partial charge in [-0.1, -0.05) is 40.5 Å². The fraction of sp³-hybridized carbons (Fsp3) is 1.00. The normalized spacial score (nSPS) is 38.2. The second kappa shape index (κ2) is 3.02. The van der Waals surface area contributed by atoms with Crippen molar-refractivity contribution >= 4 is 0 Å².